The summed E-state index contributed by atoms with van der Waals surface area (Å²) in [7, 11) is 0. The Bertz CT molecular complexity index is 878. The Labute approximate surface area is 171 Å². The van der Waals surface area contributed by atoms with E-state index in [-0.39, 0.29) is 12.7 Å². The van der Waals surface area contributed by atoms with Crippen LogP contribution in [0.4, 0.5) is 10.5 Å². The average molecular weight is 396 g/mol. The summed E-state index contributed by atoms with van der Waals surface area (Å²) in [6, 6.07) is 12.1. The molecule has 29 heavy (non-hydrogen) atoms. The van der Waals surface area contributed by atoms with Crippen LogP contribution in [0.2, 0.25) is 0 Å². The number of rotatable bonds is 6. The Balaban J connectivity index is 1.37. The van der Waals surface area contributed by atoms with Crippen molar-refractivity contribution in [3.63, 3.8) is 0 Å². The first kappa shape index (κ1) is 19.7. The van der Waals surface area contributed by atoms with Crippen LogP contribution in [-0.2, 0) is 17.7 Å². The second-order valence-corrected chi connectivity index (χ2v) is 7.85. The molecule has 0 spiro atoms. The van der Waals surface area contributed by atoms with Crippen LogP contribution in [0.3, 0.4) is 0 Å². The second kappa shape index (κ2) is 8.43. The van der Waals surface area contributed by atoms with Gasteiger partial charge in [-0.25, -0.2) is 4.79 Å². The predicted octanol–water partition coefficient (Wildman–Crippen LogP) is 3.06. The summed E-state index contributed by atoms with van der Waals surface area (Å²) in [5, 5.41) is 10.5. The number of aliphatic hydroxyl groups excluding tert-OH is 1. The third-order valence-corrected chi connectivity index (χ3v) is 5.67. The molecule has 1 saturated heterocycles. The van der Waals surface area contributed by atoms with Gasteiger partial charge in [-0.3, -0.25) is 9.80 Å². The monoisotopic (exact) mass is 396 g/mol. The van der Waals surface area contributed by atoms with Gasteiger partial charge in [0.15, 0.2) is 0 Å². The standard InChI is InChI=1S/C23H28N2O4/c1-16-5-3-6-17(2)22(16)29-15-19(26)14-24-10-9-20-18(13-24)7-4-8-21(20)25-11-12-28-23(25)27/h3-8,19,26H,9-15H2,1-2H3. The lowest BCUT2D eigenvalue weighted by molar-refractivity contribution is 0.0634. The highest BCUT2D eigenvalue weighted by molar-refractivity contribution is 5.90. The number of ether oxygens (including phenoxy) is 2. The van der Waals surface area contributed by atoms with E-state index in [2.05, 4.69) is 11.0 Å². The van der Waals surface area contributed by atoms with Gasteiger partial charge in [0.1, 0.15) is 25.1 Å². The number of aryl methyl sites for hydroxylation is 2. The molecule has 1 N–H and O–H groups in total. The lowest BCUT2D eigenvalue weighted by atomic mass is 9.97. The van der Waals surface area contributed by atoms with E-state index in [1.165, 1.54) is 11.1 Å². The molecule has 2 aromatic carbocycles. The molecule has 2 aliphatic heterocycles. The fraction of sp³-hybridized carbons (Fsp3) is 0.435. The Morgan fingerprint density at radius 1 is 1.14 bits per heavy atom. The highest BCUT2D eigenvalue weighted by atomic mass is 16.6. The predicted molar refractivity (Wildman–Crippen MR) is 112 cm³/mol. The molecule has 1 amide bonds. The van der Waals surface area contributed by atoms with E-state index in [9.17, 15) is 9.90 Å². The minimum absolute atomic E-state index is 0.264. The minimum Gasteiger partial charge on any atom is -0.490 e. The van der Waals surface area contributed by atoms with Crippen LogP contribution in [-0.4, -0.2) is 55.1 Å². The minimum atomic E-state index is -0.563. The molecule has 2 aliphatic rings. The molecule has 0 bridgehead atoms. The maximum absolute atomic E-state index is 12.0. The van der Waals surface area contributed by atoms with Gasteiger partial charge in [0.2, 0.25) is 0 Å². The van der Waals surface area contributed by atoms with Crippen LogP contribution in [0.25, 0.3) is 0 Å². The molecular weight excluding hydrogens is 368 g/mol. The van der Waals surface area contributed by atoms with E-state index in [1.807, 2.05) is 44.2 Å². The summed E-state index contributed by atoms with van der Waals surface area (Å²) >= 11 is 0. The third kappa shape index (κ3) is 4.23. The van der Waals surface area contributed by atoms with E-state index in [1.54, 1.807) is 4.90 Å². The summed E-state index contributed by atoms with van der Waals surface area (Å²) in [4.78, 5) is 15.9. The van der Waals surface area contributed by atoms with Crippen LogP contribution in [0.1, 0.15) is 22.3 Å². The van der Waals surface area contributed by atoms with Crippen LogP contribution >= 0.6 is 0 Å². The number of benzene rings is 2. The number of β-amino-alcohol motifs (C(OH)–C–C–N with tert-alkyl or cyclic N) is 1. The number of anilines is 1. The van der Waals surface area contributed by atoms with Gasteiger partial charge in [-0.15, -0.1) is 0 Å². The first-order valence-electron chi connectivity index (χ1n) is 10.2. The molecule has 6 heteroatoms. The number of amides is 1. The van der Waals surface area contributed by atoms with Gasteiger partial charge in [0.05, 0.1) is 12.2 Å². The number of aliphatic hydroxyl groups is 1. The molecule has 1 fully saturated rings. The van der Waals surface area contributed by atoms with E-state index in [0.29, 0.717) is 19.7 Å². The van der Waals surface area contributed by atoms with Gasteiger partial charge in [0, 0.05) is 19.6 Å². The van der Waals surface area contributed by atoms with Crippen molar-refractivity contribution < 1.29 is 19.4 Å². The third-order valence-electron chi connectivity index (χ3n) is 5.67. The molecule has 4 rings (SSSR count). The Morgan fingerprint density at radius 3 is 2.62 bits per heavy atom. The largest absolute Gasteiger partial charge is 0.490 e. The van der Waals surface area contributed by atoms with Gasteiger partial charge >= 0.3 is 6.09 Å². The van der Waals surface area contributed by atoms with Crippen molar-refractivity contribution in [1.82, 2.24) is 4.90 Å². The zero-order valence-electron chi connectivity index (χ0n) is 17.1. The maximum Gasteiger partial charge on any atom is 0.414 e. The summed E-state index contributed by atoms with van der Waals surface area (Å²) in [6.07, 6.45) is 0.0203. The van der Waals surface area contributed by atoms with Gasteiger partial charge < -0.3 is 14.6 Å². The van der Waals surface area contributed by atoms with E-state index in [4.69, 9.17) is 9.47 Å². The normalized spacial score (nSPS) is 17.8. The number of para-hydroxylation sites is 1. The van der Waals surface area contributed by atoms with Crippen molar-refractivity contribution in [2.75, 3.05) is 37.7 Å². The number of cyclic esters (lactones) is 1. The number of fused-ring (bicyclic) bond motifs is 1. The molecular formula is C23H28N2O4. The van der Waals surface area contributed by atoms with Crippen LogP contribution in [0.5, 0.6) is 5.75 Å². The topological polar surface area (TPSA) is 62.2 Å². The number of nitrogens with zero attached hydrogens (tertiary/aromatic N) is 2. The van der Waals surface area contributed by atoms with E-state index < -0.39 is 6.10 Å². The van der Waals surface area contributed by atoms with Crippen molar-refractivity contribution in [1.29, 1.82) is 0 Å². The maximum atomic E-state index is 12.0. The number of carbonyl (C=O) groups is 1. The fourth-order valence-electron chi connectivity index (χ4n) is 4.23. The Hall–Kier alpha value is -2.57. The first-order chi connectivity index (χ1) is 14.0. The number of carbonyl (C=O) groups excluding carboxylic acids is 1. The van der Waals surface area contributed by atoms with Gasteiger partial charge in [-0.1, -0.05) is 30.3 Å². The summed E-state index contributed by atoms with van der Waals surface area (Å²) in [5.74, 6) is 0.859. The molecule has 2 aromatic rings. The molecule has 0 aliphatic carbocycles. The Morgan fingerprint density at radius 2 is 1.90 bits per heavy atom. The van der Waals surface area contributed by atoms with Crippen molar-refractivity contribution in [3.05, 3.63) is 58.7 Å². The van der Waals surface area contributed by atoms with Crippen molar-refractivity contribution >= 4 is 11.8 Å². The first-order valence-corrected chi connectivity index (χ1v) is 10.2. The number of hydrogen-bond acceptors (Lipinski definition) is 5. The lowest BCUT2D eigenvalue weighted by Crippen LogP contribution is -2.39. The molecule has 0 radical (unpaired) electrons. The van der Waals surface area contributed by atoms with E-state index in [0.717, 1.165) is 42.1 Å². The highest BCUT2D eigenvalue weighted by Gasteiger charge is 2.28. The molecule has 0 aromatic heterocycles. The SMILES string of the molecule is Cc1cccc(C)c1OCC(O)CN1CCc2c(cccc2N2CCOC2=O)C1. The zero-order valence-corrected chi connectivity index (χ0v) is 17.1. The second-order valence-electron chi connectivity index (χ2n) is 7.85. The zero-order chi connectivity index (χ0) is 20.4. The smallest absolute Gasteiger partial charge is 0.414 e. The summed E-state index contributed by atoms with van der Waals surface area (Å²) < 4.78 is 11.0. The lowest BCUT2D eigenvalue weighted by Gasteiger charge is -2.32. The van der Waals surface area contributed by atoms with Crippen LogP contribution < -0.4 is 9.64 Å². The van der Waals surface area contributed by atoms with Crippen LogP contribution in [0.15, 0.2) is 36.4 Å². The molecule has 0 saturated carbocycles. The molecule has 1 unspecified atom stereocenters. The molecule has 154 valence electrons. The van der Waals surface area contributed by atoms with Gasteiger partial charge in [0.25, 0.3) is 0 Å². The van der Waals surface area contributed by atoms with Gasteiger partial charge in [-0.2, -0.15) is 0 Å². The summed E-state index contributed by atoms with van der Waals surface area (Å²) in [6.45, 7) is 7.51. The fourth-order valence-corrected chi connectivity index (χ4v) is 4.23. The quantitative estimate of drug-likeness (QED) is 0.813. The summed E-state index contributed by atoms with van der Waals surface area (Å²) in [5.41, 5.74) is 5.54. The van der Waals surface area contributed by atoms with Crippen molar-refractivity contribution in [2.24, 2.45) is 0 Å². The average Bonchev–Trinajstić information content (AvgIpc) is 3.12. The molecule has 6 nitrogen and oxygen atoms in total. The van der Waals surface area contributed by atoms with Crippen LogP contribution in [0, 0.1) is 13.8 Å². The van der Waals surface area contributed by atoms with Crippen molar-refractivity contribution in [3.8, 4) is 5.75 Å². The van der Waals surface area contributed by atoms with Gasteiger partial charge in [-0.05, 0) is 48.6 Å². The van der Waals surface area contributed by atoms with E-state index >= 15 is 0 Å². The Kier molecular flexibility index (Phi) is 5.74. The number of hydrogen-bond donors (Lipinski definition) is 1. The molecule has 1 atom stereocenters. The molecule has 2 heterocycles. The van der Waals surface area contributed by atoms with Crippen molar-refractivity contribution in [2.45, 2.75) is 32.9 Å². The highest BCUT2D eigenvalue weighted by Crippen LogP contribution is 2.30.